The normalized spacial score (nSPS) is 12.2. The highest BCUT2D eigenvalue weighted by Gasteiger charge is 2.09. The largest absolute Gasteiger partial charge is 0.388 e. The second kappa shape index (κ2) is 6.55. The average Bonchev–Trinajstić information content (AvgIpc) is 2.35. The van der Waals surface area contributed by atoms with E-state index in [2.05, 4.69) is 30.7 Å². The molecule has 0 bridgehead atoms. The third kappa shape index (κ3) is 3.97. The number of pyridine rings is 1. The number of hydrogen-bond donors (Lipinski definition) is 1. The van der Waals surface area contributed by atoms with Gasteiger partial charge in [0.25, 0.3) is 0 Å². The molecule has 0 aromatic carbocycles. The maximum Gasteiger partial charge on any atom is 0.122 e. The molecule has 0 fully saturated rings. The molecule has 0 radical (unpaired) electrons. The van der Waals surface area contributed by atoms with Crippen LogP contribution in [0.2, 0.25) is 0 Å². The average molecular weight is 251 g/mol. The molecule has 1 unspecified atom stereocenters. The topological polar surface area (TPSA) is 42.1 Å². The lowest BCUT2D eigenvalue weighted by molar-refractivity contribution is 0.548. The molecule has 0 spiro atoms. The Morgan fingerprint density at radius 3 is 2.59 bits per heavy atom. The molecule has 0 amide bonds. The van der Waals surface area contributed by atoms with Gasteiger partial charge in [-0.05, 0) is 25.0 Å². The van der Waals surface area contributed by atoms with Crippen LogP contribution >= 0.6 is 12.2 Å². The first-order valence-corrected chi connectivity index (χ1v) is 6.50. The number of anilines is 1. The molecule has 0 saturated heterocycles. The highest BCUT2D eigenvalue weighted by atomic mass is 32.1. The van der Waals surface area contributed by atoms with E-state index in [1.54, 1.807) is 0 Å². The third-order valence-electron chi connectivity index (χ3n) is 2.98. The Bertz CT molecular complexity index is 361. The van der Waals surface area contributed by atoms with Crippen LogP contribution in [0.4, 0.5) is 5.69 Å². The van der Waals surface area contributed by atoms with Crippen LogP contribution < -0.4 is 10.6 Å². The number of nitrogens with two attached hydrogens (primary N) is 1. The molecule has 3 nitrogen and oxygen atoms in total. The summed E-state index contributed by atoms with van der Waals surface area (Å²) in [5, 5.41) is 0. The van der Waals surface area contributed by atoms with E-state index in [-0.39, 0.29) is 0 Å². The Hall–Kier alpha value is -1.16. The van der Waals surface area contributed by atoms with Gasteiger partial charge in [0, 0.05) is 13.1 Å². The molecule has 0 saturated carbocycles. The number of rotatable bonds is 6. The fourth-order valence-electron chi connectivity index (χ4n) is 1.64. The molecule has 1 aromatic heterocycles. The van der Waals surface area contributed by atoms with Crippen LogP contribution in [0.1, 0.15) is 32.9 Å². The van der Waals surface area contributed by atoms with Crippen LogP contribution in [0.15, 0.2) is 18.3 Å². The van der Waals surface area contributed by atoms with Gasteiger partial charge in [-0.1, -0.05) is 32.5 Å². The van der Waals surface area contributed by atoms with E-state index in [1.807, 2.05) is 18.3 Å². The Balaban J connectivity index is 2.78. The molecule has 2 N–H and O–H groups in total. The van der Waals surface area contributed by atoms with Gasteiger partial charge in [0.05, 0.1) is 17.6 Å². The van der Waals surface area contributed by atoms with Crippen molar-refractivity contribution >= 4 is 22.9 Å². The minimum absolute atomic E-state index is 0.349. The van der Waals surface area contributed by atoms with Gasteiger partial charge < -0.3 is 10.6 Å². The van der Waals surface area contributed by atoms with E-state index >= 15 is 0 Å². The Morgan fingerprint density at radius 1 is 1.47 bits per heavy atom. The Morgan fingerprint density at radius 2 is 2.18 bits per heavy atom. The van der Waals surface area contributed by atoms with Crippen LogP contribution in [0.3, 0.4) is 0 Å². The van der Waals surface area contributed by atoms with Crippen LogP contribution in [-0.2, 0) is 0 Å². The molecule has 0 aliphatic carbocycles. The van der Waals surface area contributed by atoms with Crippen LogP contribution in [0.25, 0.3) is 0 Å². The fraction of sp³-hybridized carbons (Fsp3) is 0.538. The van der Waals surface area contributed by atoms with Gasteiger partial charge in [-0.2, -0.15) is 0 Å². The molecule has 4 heteroatoms. The monoisotopic (exact) mass is 251 g/mol. The summed E-state index contributed by atoms with van der Waals surface area (Å²) in [4.78, 5) is 6.94. The van der Waals surface area contributed by atoms with Crippen molar-refractivity contribution in [3.63, 3.8) is 0 Å². The second-order valence-corrected chi connectivity index (χ2v) is 4.76. The first-order valence-electron chi connectivity index (χ1n) is 6.09. The van der Waals surface area contributed by atoms with E-state index in [1.165, 1.54) is 6.42 Å². The predicted molar refractivity (Wildman–Crippen MR) is 77.5 cm³/mol. The molecule has 0 aliphatic rings. The smallest absolute Gasteiger partial charge is 0.122 e. The summed E-state index contributed by atoms with van der Waals surface area (Å²) >= 11 is 4.89. The van der Waals surface area contributed by atoms with Crippen molar-refractivity contribution in [3.8, 4) is 0 Å². The van der Waals surface area contributed by atoms with Crippen molar-refractivity contribution in [2.24, 2.45) is 11.7 Å². The van der Waals surface area contributed by atoms with Crippen molar-refractivity contribution in [1.82, 2.24) is 4.98 Å². The summed E-state index contributed by atoms with van der Waals surface area (Å²) < 4.78 is 0. The van der Waals surface area contributed by atoms with E-state index in [0.717, 1.165) is 18.8 Å². The molecule has 1 rings (SSSR count). The van der Waals surface area contributed by atoms with Gasteiger partial charge in [0.1, 0.15) is 4.99 Å². The molecule has 1 heterocycles. The summed E-state index contributed by atoms with van der Waals surface area (Å²) in [6.45, 7) is 8.68. The van der Waals surface area contributed by atoms with Crippen molar-refractivity contribution in [2.75, 3.05) is 18.0 Å². The Labute approximate surface area is 109 Å². The summed E-state index contributed by atoms with van der Waals surface area (Å²) in [7, 11) is 0. The van der Waals surface area contributed by atoms with E-state index < -0.39 is 0 Å². The van der Waals surface area contributed by atoms with Gasteiger partial charge in [-0.15, -0.1) is 0 Å². The van der Waals surface area contributed by atoms with Gasteiger partial charge in [-0.25, -0.2) is 0 Å². The lowest BCUT2D eigenvalue weighted by Gasteiger charge is -2.25. The number of thiocarbonyl (C=S) groups is 1. The molecule has 1 atom stereocenters. The van der Waals surface area contributed by atoms with Gasteiger partial charge in [0.2, 0.25) is 0 Å². The van der Waals surface area contributed by atoms with Crippen molar-refractivity contribution in [2.45, 2.75) is 27.2 Å². The lowest BCUT2D eigenvalue weighted by atomic mass is 10.1. The first-order chi connectivity index (χ1) is 8.08. The summed E-state index contributed by atoms with van der Waals surface area (Å²) in [5.74, 6) is 0.685. The minimum Gasteiger partial charge on any atom is -0.388 e. The van der Waals surface area contributed by atoms with Crippen LogP contribution in [-0.4, -0.2) is 23.1 Å². The standard InChI is InChI=1S/C13H21N3S/c1-4-10(3)9-16(5-2)11-6-7-12(13(14)17)15-8-11/h6-8,10H,4-5,9H2,1-3H3,(H2,14,17). The van der Waals surface area contributed by atoms with Crippen molar-refractivity contribution in [3.05, 3.63) is 24.0 Å². The predicted octanol–water partition coefficient (Wildman–Crippen LogP) is 2.59. The minimum atomic E-state index is 0.349. The van der Waals surface area contributed by atoms with Crippen LogP contribution in [0.5, 0.6) is 0 Å². The van der Waals surface area contributed by atoms with E-state index in [4.69, 9.17) is 18.0 Å². The molecule has 94 valence electrons. The maximum atomic E-state index is 5.53. The molecular weight excluding hydrogens is 230 g/mol. The molecule has 1 aromatic rings. The van der Waals surface area contributed by atoms with Gasteiger partial charge in [-0.3, -0.25) is 4.98 Å². The first kappa shape index (κ1) is 13.9. The van der Waals surface area contributed by atoms with Gasteiger partial charge in [0.15, 0.2) is 0 Å². The van der Waals surface area contributed by atoms with E-state index in [9.17, 15) is 0 Å². The number of nitrogens with zero attached hydrogens (tertiary/aromatic N) is 2. The zero-order valence-electron chi connectivity index (χ0n) is 10.8. The summed E-state index contributed by atoms with van der Waals surface area (Å²) in [5.41, 5.74) is 7.35. The molecule has 17 heavy (non-hydrogen) atoms. The zero-order chi connectivity index (χ0) is 12.8. The van der Waals surface area contributed by atoms with Crippen molar-refractivity contribution in [1.29, 1.82) is 0 Å². The lowest BCUT2D eigenvalue weighted by Crippen LogP contribution is -2.28. The number of aromatic nitrogens is 1. The highest BCUT2D eigenvalue weighted by molar-refractivity contribution is 7.80. The quantitative estimate of drug-likeness (QED) is 0.789. The third-order valence-corrected chi connectivity index (χ3v) is 3.19. The number of hydrogen-bond acceptors (Lipinski definition) is 3. The second-order valence-electron chi connectivity index (χ2n) is 4.32. The fourth-order valence-corrected chi connectivity index (χ4v) is 1.76. The summed E-state index contributed by atoms with van der Waals surface area (Å²) in [6.07, 6.45) is 3.04. The highest BCUT2D eigenvalue weighted by Crippen LogP contribution is 2.15. The maximum absolute atomic E-state index is 5.53. The summed E-state index contributed by atoms with van der Waals surface area (Å²) in [6, 6.07) is 3.92. The molecular formula is C13H21N3S. The SMILES string of the molecule is CCC(C)CN(CC)c1ccc(C(N)=S)nc1. The van der Waals surface area contributed by atoms with Crippen LogP contribution in [0, 0.1) is 5.92 Å². The Kier molecular flexibility index (Phi) is 5.35. The van der Waals surface area contributed by atoms with Gasteiger partial charge >= 0.3 is 0 Å². The zero-order valence-corrected chi connectivity index (χ0v) is 11.6. The molecule has 0 aliphatic heterocycles. The van der Waals surface area contributed by atoms with Crippen molar-refractivity contribution < 1.29 is 0 Å². The van der Waals surface area contributed by atoms with E-state index in [0.29, 0.717) is 16.6 Å².